The first kappa shape index (κ1) is 16.5. The fourth-order valence-electron chi connectivity index (χ4n) is 2.91. The highest BCUT2D eigenvalue weighted by Crippen LogP contribution is 2.15. The van der Waals surface area contributed by atoms with Crippen LogP contribution < -0.4 is 0 Å². The molecule has 24 heavy (non-hydrogen) atoms. The van der Waals surface area contributed by atoms with Gasteiger partial charge in [0.1, 0.15) is 0 Å². The highest BCUT2D eigenvalue weighted by atomic mass is 35.5. The number of hydrogen-bond donors (Lipinski definition) is 0. The van der Waals surface area contributed by atoms with Gasteiger partial charge in [-0.05, 0) is 35.9 Å². The number of carbonyl (C=O) groups excluding carboxylic acids is 1. The zero-order valence-corrected chi connectivity index (χ0v) is 14.0. The summed E-state index contributed by atoms with van der Waals surface area (Å²) in [6.45, 7) is 3.88. The smallest absolute Gasteiger partial charge is 0.253 e. The summed E-state index contributed by atoms with van der Waals surface area (Å²) in [4.78, 5) is 16.7. The minimum Gasteiger partial charge on any atom is -0.336 e. The summed E-state index contributed by atoms with van der Waals surface area (Å²) in [5, 5.41) is 9.71. The average molecular weight is 340 g/mol. The number of piperazine rings is 1. The first-order valence-electron chi connectivity index (χ1n) is 7.92. The summed E-state index contributed by atoms with van der Waals surface area (Å²) in [5.41, 5.74) is 2.28. The van der Waals surface area contributed by atoms with Crippen molar-refractivity contribution in [2.75, 3.05) is 26.2 Å². The van der Waals surface area contributed by atoms with Crippen molar-refractivity contribution in [3.63, 3.8) is 0 Å². The van der Waals surface area contributed by atoms with Gasteiger partial charge in [0.2, 0.25) is 0 Å². The lowest BCUT2D eigenvalue weighted by atomic mass is 10.1. The molecule has 0 aliphatic carbocycles. The van der Waals surface area contributed by atoms with Crippen molar-refractivity contribution in [1.29, 1.82) is 5.26 Å². The van der Waals surface area contributed by atoms with E-state index in [4.69, 9.17) is 16.9 Å². The predicted molar refractivity (Wildman–Crippen MR) is 93.8 cm³/mol. The van der Waals surface area contributed by atoms with Gasteiger partial charge in [-0.3, -0.25) is 9.69 Å². The highest BCUT2D eigenvalue weighted by molar-refractivity contribution is 6.30. The summed E-state index contributed by atoms with van der Waals surface area (Å²) >= 11 is 6.03. The molecule has 1 fully saturated rings. The Morgan fingerprint density at radius 1 is 1.08 bits per heavy atom. The van der Waals surface area contributed by atoms with Crippen LogP contribution in [0.4, 0.5) is 0 Å². The molecule has 1 aliphatic heterocycles. The van der Waals surface area contributed by atoms with Crippen molar-refractivity contribution in [3.05, 3.63) is 70.2 Å². The molecule has 0 saturated carbocycles. The standard InChI is InChI=1S/C19H18ClN3O/c20-18-6-2-4-16(12-18)14-22-7-9-23(10-8-22)19(24)17-5-1-3-15(11-17)13-21/h1-6,11-12H,7-10,14H2. The predicted octanol–water partition coefficient (Wildman–Crippen LogP) is 3.17. The monoisotopic (exact) mass is 339 g/mol. The molecule has 5 heteroatoms. The van der Waals surface area contributed by atoms with Crippen molar-refractivity contribution in [3.8, 4) is 6.07 Å². The summed E-state index contributed by atoms with van der Waals surface area (Å²) < 4.78 is 0. The van der Waals surface area contributed by atoms with Gasteiger partial charge in [-0.2, -0.15) is 5.26 Å². The van der Waals surface area contributed by atoms with Crippen molar-refractivity contribution < 1.29 is 4.79 Å². The van der Waals surface area contributed by atoms with E-state index in [-0.39, 0.29) is 5.91 Å². The fraction of sp³-hybridized carbons (Fsp3) is 0.263. The van der Waals surface area contributed by atoms with Gasteiger partial charge in [0.05, 0.1) is 11.6 Å². The van der Waals surface area contributed by atoms with E-state index in [1.54, 1.807) is 24.3 Å². The molecule has 0 radical (unpaired) electrons. The topological polar surface area (TPSA) is 47.3 Å². The third-order valence-electron chi connectivity index (χ3n) is 4.19. The molecule has 122 valence electrons. The maximum Gasteiger partial charge on any atom is 0.253 e. The lowest BCUT2D eigenvalue weighted by Gasteiger charge is -2.34. The molecule has 0 bridgehead atoms. The number of hydrogen-bond acceptors (Lipinski definition) is 3. The summed E-state index contributed by atoms with van der Waals surface area (Å²) in [5.74, 6) is -0.00509. The molecule has 3 rings (SSSR count). The maximum atomic E-state index is 12.6. The number of amides is 1. The molecule has 2 aromatic rings. The van der Waals surface area contributed by atoms with Crippen molar-refractivity contribution in [2.24, 2.45) is 0 Å². The maximum absolute atomic E-state index is 12.6. The highest BCUT2D eigenvalue weighted by Gasteiger charge is 2.22. The average Bonchev–Trinajstić information content (AvgIpc) is 2.62. The van der Waals surface area contributed by atoms with Gasteiger partial charge in [-0.25, -0.2) is 0 Å². The van der Waals surface area contributed by atoms with Crippen molar-refractivity contribution in [2.45, 2.75) is 6.54 Å². The molecule has 2 aromatic carbocycles. The second-order valence-corrected chi connectivity index (χ2v) is 6.33. The molecule has 0 atom stereocenters. The van der Waals surface area contributed by atoms with Crippen LogP contribution in [0.2, 0.25) is 5.02 Å². The Labute approximate surface area is 146 Å². The van der Waals surface area contributed by atoms with Gasteiger partial charge >= 0.3 is 0 Å². The molecule has 0 spiro atoms. The lowest BCUT2D eigenvalue weighted by Crippen LogP contribution is -2.48. The number of nitriles is 1. The normalized spacial score (nSPS) is 15.1. The van der Waals surface area contributed by atoms with E-state index in [1.807, 2.05) is 23.1 Å². The van der Waals surface area contributed by atoms with Gasteiger partial charge in [0.15, 0.2) is 0 Å². The fourth-order valence-corrected chi connectivity index (χ4v) is 3.12. The Balaban J connectivity index is 1.58. The molecule has 0 aromatic heterocycles. The van der Waals surface area contributed by atoms with E-state index in [0.29, 0.717) is 24.2 Å². The van der Waals surface area contributed by atoms with Gasteiger partial charge in [-0.15, -0.1) is 0 Å². The van der Waals surface area contributed by atoms with Crippen LogP contribution in [0.25, 0.3) is 0 Å². The molecule has 4 nitrogen and oxygen atoms in total. The van der Waals surface area contributed by atoms with E-state index >= 15 is 0 Å². The van der Waals surface area contributed by atoms with Crippen LogP contribution in [-0.2, 0) is 6.54 Å². The lowest BCUT2D eigenvalue weighted by molar-refractivity contribution is 0.0628. The second kappa shape index (κ2) is 7.48. The third-order valence-corrected chi connectivity index (χ3v) is 4.43. The number of benzene rings is 2. The zero-order valence-electron chi connectivity index (χ0n) is 13.3. The van der Waals surface area contributed by atoms with Crippen LogP contribution in [0.5, 0.6) is 0 Å². The Morgan fingerprint density at radius 3 is 2.54 bits per heavy atom. The van der Waals surface area contributed by atoms with Crippen LogP contribution in [-0.4, -0.2) is 41.9 Å². The second-order valence-electron chi connectivity index (χ2n) is 5.89. The van der Waals surface area contributed by atoms with E-state index in [0.717, 1.165) is 24.7 Å². The molecular weight excluding hydrogens is 322 g/mol. The van der Waals surface area contributed by atoms with Crippen LogP contribution in [0.3, 0.4) is 0 Å². The number of carbonyl (C=O) groups is 1. The van der Waals surface area contributed by atoms with Crippen molar-refractivity contribution in [1.82, 2.24) is 9.80 Å². The first-order chi connectivity index (χ1) is 11.7. The van der Waals surface area contributed by atoms with Gasteiger partial charge < -0.3 is 4.90 Å². The van der Waals surface area contributed by atoms with Gasteiger partial charge in [0.25, 0.3) is 5.91 Å². The Hall–Kier alpha value is -2.35. The molecule has 0 N–H and O–H groups in total. The van der Waals surface area contributed by atoms with Crippen LogP contribution in [0.15, 0.2) is 48.5 Å². The minimum atomic E-state index is -0.00509. The summed E-state index contributed by atoms with van der Waals surface area (Å²) in [6.07, 6.45) is 0. The van der Waals surface area contributed by atoms with E-state index < -0.39 is 0 Å². The number of halogens is 1. The van der Waals surface area contributed by atoms with Gasteiger partial charge in [0, 0.05) is 43.3 Å². The Kier molecular flexibility index (Phi) is 5.14. The summed E-state index contributed by atoms with van der Waals surface area (Å²) in [7, 11) is 0. The van der Waals surface area contributed by atoms with E-state index in [1.165, 1.54) is 5.56 Å². The largest absolute Gasteiger partial charge is 0.336 e. The third kappa shape index (κ3) is 3.94. The van der Waals surface area contributed by atoms with Crippen molar-refractivity contribution >= 4 is 17.5 Å². The Bertz CT molecular complexity index is 776. The SMILES string of the molecule is N#Cc1cccc(C(=O)N2CCN(Cc3cccc(Cl)c3)CC2)c1. The number of nitrogens with zero attached hydrogens (tertiary/aromatic N) is 3. The molecule has 1 amide bonds. The number of rotatable bonds is 3. The molecular formula is C19H18ClN3O. The molecule has 1 aliphatic rings. The molecule has 0 unspecified atom stereocenters. The first-order valence-corrected chi connectivity index (χ1v) is 8.30. The quantitative estimate of drug-likeness (QED) is 0.863. The van der Waals surface area contributed by atoms with E-state index in [2.05, 4.69) is 17.0 Å². The van der Waals surface area contributed by atoms with Gasteiger partial charge in [-0.1, -0.05) is 29.8 Å². The molecule has 1 heterocycles. The van der Waals surface area contributed by atoms with Crippen LogP contribution in [0.1, 0.15) is 21.5 Å². The van der Waals surface area contributed by atoms with Crippen LogP contribution >= 0.6 is 11.6 Å². The minimum absolute atomic E-state index is 0.00509. The van der Waals surface area contributed by atoms with Crippen LogP contribution in [0, 0.1) is 11.3 Å². The Morgan fingerprint density at radius 2 is 1.83 bits per heavy atom. The van der Waals surface area contributed by atoms with E-state index in [9.17, 15) is 4.79 Å². The molecule has 1 saturated heterocycles. The summed E-state index contributed by atoms with van der Waals surface area (Å²) in [6, 6.07) is 16.8. The zero-order chi connectivity index (χ0) is 16.9.